The van der Waals surface area contributed by atoms with E-state index in [0.717, 1.165) is 5.69 Å². The number of aryl methyl sites for hydroxylation is 1. The second kappa shape index (κ2) is 5.54. The van der Waals surface area contributed by atoms with Gasteiger partial charge in [0.25, 0.3) is 0 Å². The number of pyridine rings is 1. The van der Waals surface area contributed by atoms with Crippen LogP contribution in [0.2, 0.25) is 0 Å². The SMILES string of the molecule is Fc1cccc2nc(CCC#Cc3ccccn3)oc12. The molecule has 0 spiro atoms. The molecule has 0 atom stereocenters. The van der Waals surface area contributed by atoms with Crippen molar-refractivity contribution in [2.75, 3.05) is 0 Å². The maximum Gasteiger partial charge on any atom is 0.196 e. The predicted octanol–water partition coefficient (Wildman–Crippen LogP) is 3.35. The first-order chi connectivity index (χ1) is 9.83. The van der Waals surface area contributed by atoms with E-state index in [0.29, 0.717) is 24.2 Å². The number of benzene rings is 1. The Bertz CT molecular complexity index is 784. The number of aromatic nitrogens is 2. The van der Waals surface area contributed by atoms with Gasteiger partial charge in [0.15, 0.2) is 17.3 Å². The third kappa shape index (κ3) is 2.67. The number of nitrogens with zero attached hydrogens (tertiary/aromatic N) is 2. The summed E-state index contributed by atoms with van der Waals surface area (Å²) in [7, 11) is 0. The smallest absolute Gasteiger partial charge is 0.196 e. The molecule has 0 saturated carbocycles. The Morgan fingerprint density at radius 3 is 2.90 bits per heavy atom. The van der Waals surface area contributed by atoms with Crippen molar-refractivity contribution in [2.24, 2.45) is 0 Å². The minimum Gasteiger partial charge on any atom is -0.438 e. The maximum atomic E-state index is 13.4. The fourth-order valence-corrected chi connectivity index (χ4v) is 1.83. The average Bonchev–Trinajstić information content (AvgIpc) is 2.89. The van der Waals surface area contributed by atoms with Gasteiger partial charge in [0.2, 0.25) is 0 Å². The number of halogens is 1. The van der Waals surface area contributed by atoms with Gasteiger partial charge in [-0.2, -0.15) is 0 Å². The molecule has 0 aliphatic carbocycles. The Kier molecular flexibility index (Phi) is 3.42. The van der Waals surface area contributed by atoms with E-state index in [9.17, 15) is 4.39 Å². The molecule has 0 saturated heterocycles. The lowest BCUT2D eigenvalue weighted by atomic mass is 10.3. The summed E-state index contributed by atoms with van der Waals surface area (Å²) in [6.45, 7) is 0. The molecule has 20 heavy (non-hydrogen) atoms. The van der Waals surface area contributed by atoms with Crippen molar-refractivity contribution in [1.29, 1.82) is 0 Å². The minimum absolute atomic E-state index is 0.209. The topological polar surface area (TPSA) is 38.9 Å². The summed E-state index contributed by atoms with van der Waals surface area (Å²) < 4.78 is 18.8. The lowest BCUT2D eigenvalue weighted by Gasteiger charge is -1.88. The van der Waals surface area contributed by atoms with Crippen LogP contribution in [0.15, 0.2) is 47.0 Å². The summed E-state index contributed by atoms with van der Waals surface area (Å²) in [6, 6.07) is 10.3. The highest BCUT2D eigenvalue weighted by Crippen LogP contribution is 2.19. The molecule has 3 nitrogen and oxygen atoms in total. The summed E-state index contributed by atoms with van der Waals surface area (Å²) in [5.74, 6) is 6.07. The molecule has 2 heterocycles. The second-order valence-electron chi connectivity index (χ2n) is 4.21. The molecule has 0 amide bonds. The molecule has 0 radical (unpaired) electrons. The molecule has 2 aromatic heterocycles. The van der Waals surface area contributed by atoms with Crippen LogP contribution < -0.4 is 0 Å². The van der Waals surface area contributed by atoms with Gasteiger partial charge in [0.1, 0.15) is 11.2 Å². The van der Waals surface area contributed by atoms with Crippen LogP contribution in [0, 0.1) is 17.7 Å². The van der Waals surface area contributed by atoms with E-state index < -0.39 is 0 Å². The van der Waals surface area contributed by atoms with E-state index in [4.69, 9.17) is 4.42 Å². The van der Waals surface area contributed by atoms with Gasteiger partial charge in [-0.3, -0.25) is 0 Å². The summed E-state index contributed by atoms with van der Waals surface area (Å²) in [5.41, 5.74) is 1.48. The van der Waals surface area contributed by atoms with Gasteiger partial charge in [-0.15, -0.1) is 0 Å². The molecule has 0 aliphatic rings. The maximum absolute atomic E-state index is 13.4. The van der Waals surface area contributed by atoms with Crippen molar-refractivity contribution in [3.63, 3.8) is 0 Å². The standard InChI is InChI=1S/C16H11FN2O/c17-13-8-5-9-14-16(13)20-15(19-14)10-2-1-6-12-7-3-4-11-18-12/h3-5,7-9,11H,2,10H2. The van der Waals surface area contributed by atoms with Crippen molar-refractivity contribution < 1.29 is 8.81 Å². The highest BCUT2D eigenvalue weighted by molar-refractivity contribution is 5.72. The Balaban J connectivity index is 1.69. The van der Waals surface area contributed by atoms with Crippen LogP contribution in [0.5, 0.6) is 0 Å². The summed E-state index contributed by atoms with van der Waals surface area (Å²) >= 11 is 0. The van der Waals surface area contributed by atoms with E-state index in [1.807, 2.05) is 18.2 Å². The van der Waals surface area contributed by atoms with Crippen molar-refractivity contribution in [1.82, 2.24) is 9.97 Å². The number of para-hydroxylation sites is 1. The molecule has 4 heteroatoms. The largest absolute Gasteiger partial charge is 0.438 e. The summed E-state index contributed by atoms with van der Waals surface area (Å²) in [5, 5.41) is 0. The van der Waals surface area contributed by atoms with Crippen molar-refractivity contribution >= 4 is 11.1 Å². The van der Waals surface area contributed by atoms with Crippen LogP contribution in [0.25, 0.3) is 11.1 Å². The van der Waals surface area contributed by atoms with E-state index in [-0.39, 0.29) is 11.4 Å². The normalized spacial score (nSPS) is 10.2. The number of fused-ring (bicyclic) bond motifs is 1. The van der Waals surface area contributed by atoms with Crippen molar-refractivity contribution in [2.45, 2.75) is 12.8 Å². The molecule has 0 unspecified atom stereocenters. The first-order valence-electron chi connectivity index (χ1n) is 6.27. The van der Waals surface area contributed by atoms with Gasteiger partial charge >= 0.3 is 0 Å². The van der Waals surface area contributed by atoms with Gasteiger partial charge < -0.3 is 4.42 Å². The fourth-order valence-electron chi connectivity index (χ4n) is 1.83. The molecule has 3 aromatic rings. The summed E-state index contributed by atoms with van der Waals surface area (Å²) in [4.78, 5) is 8.34. The lowest BCUT2D eigenvalue weighted by Crippen LogP contribution is -1.83. The zero-order chi connectivity index (χ0) is 13.8. The average molecular weight is 266 g/mol. The lowest BCUT2D eigenvalue weighted by molar-refractivity contribution is 0.507. The second-order valence-corrected chi connectivity index (χ2v) is 4.21. The van der Waals surface area contributed by atoms with Crippen LogP contribution in [0.3, 0.4) is 0 Å². The number of hydrogen-bond donors (Lipinski definition) is 0. The third-order valence-corrected chi connectivity index (χ3v) is 2.76. The number of rotatable bonds is 2. The molecule has 98 valence electrons. The van der Waals surface area contributed by atoms with Gasteiger partial charge in [0, 0.05) is 19.0 Å². The third-order valence-electron chi connectivity index (χ3n) is 2.76. The summed E-state index contributed by atoms with van der Waals surface area (Å²) in [6.07, 6.45) is 2.84. The van der Waals surface area contributed by atoms with Crippen LogP contribution in [-0.4, -0.2) is 9.97 Å². The van der Waals surface area contributed by atoms with E-state index in [1.54, 1.807) is 18.3 Å². The zero-order valence-corrected chi connectivity index (χ0v) is 10.6. The van der Waals surface area contributed by atoms with Crippen LogP contribution in [0.4, 0.5) is 4.39 Å². The molecule has 0 aliphatic heterocycles. The van der Waals surface area contributed by atoms with Gasteiger partial charge in [-0.25, -0.2) is 14.4 Å². The number of hydrogen-bond acceptors (Lipinski definition) is 3. The first kappa shape index (κ1) is 12.4. The van der Waals surface area contributed by atoms with Gasteiger partial charge in [-0.05, 0) is 30.2 Å². The molecule has 0 N–H and O–H groups in total. The van der Waals surface area contributed by atoms with Gasteiger partial charge in [-0.1, -0.05) is 18.1 Å². The quantitative estimate of drug-likeness (QED) is 0.668. The highest BCUT2D eigenvalue weighted by atomic mass is 19.1. The first-order valence-corrected chi connectivity index (χ1v) is 6.27. The molecule has 0 fully saturated rings. The Labute approximate surface area is 115 Å². The highest BCUT2D eigenvalue weighted by Gasteiger charge is 2.08. The Morgan fingerprint density at radius 1 is 1.15 bits per heavy atom. The fraction of sp³-hybridized carbons (Fsp3) is 0.125. The predicted molar refractivity (Wildman–Crippen MR) is 73.4 cm³/mol. The molecule has 1 aromatic carbocycles. The van der Waals surface area contributed by atoms with E-state index in [1.165, 1.54) is 6.07 Å². The van der Waals surface area contributed by atoms with Crippen LogP contribution >= 0.6 is 0 Å². The Morgan fingerprint density at radius 2 is 2.10 bits per heavy atom. The molecule has 0 bridgehead atoms. The van der Waals surface area contributed by atoms with Crippen molar-refractivity contribution in [3.05, 3.63) is 60.0 Å². The van der Waals surface area contributed by atoms with Crippen LogP contribution in [-0.2, 0) is 6.42 Å². The monoisotopic (exact) mass is 266 g/mol. The molecular formula is C16H11FN2O. The zero-order valence-electron chi connectivity index (χ0n) is 10.6. The van der Waals surface area contributed by atoms with Crippen molar-refractivity contribution in [3.8, 4) is 11.8 Å². The van der Waals surface area contributed by atoms with Gasteiger partial charge in [0.05, 0.1) is 0 Å². The molecule has 3 rings (SSSR count). The minimum atomic E-state index is -0.388. The van der Waals surface area contributed by atoms with E-state index >= 15 is 0 Å². The number of oxazole rings is 1. The van der Waals surface area contributed by atoms with Crippen LogP contribution in [0.1, 0.15) is 18.0 Å². The molecular weight excluding hydrogens is 255 g/mol. The Hall–Kier alpha value is -2.67. The van der Waals surface area contributed by atoms with E-state index in [2.05, 4.69) is 21.8 Å².